The van der Waals surface area contributed by atoms with Crippen LogP contribution in [0.4, 0.5) is 0 Å². The lowest BCUT2D eigenvalue weighted by molar-refractivity contribution is -0.141. The zero-order chi connectivity index (χ0) is 32.2. The van der Waals surface area contributed by atoms with Gasteiger partial charge in [0.2, 0.25) is 5.91 Å². The fraction of sp³-hybridized carbons (Fsp3) is 0.486. The standard InChI is InChI=1S/C35H46N4O6/c1-24(2)18-27(19-32(40)36-21-33(41)44-4)37-35(42)28-20-29(39(38-28)22-25-12-7-5-8-13-25)34-30(43-3)16-11-17-31(34)45-23-26-14-9-6-10-15-26/h6,9-11,14-17,20,24-25,27H,5,7-8,12-13,18-19,21-23H2,1-4H3,(H,36,40)(H,37,42)/t27-/m0/s1. The molecule has 1 aromatic heterocycles. The van der Waals surface area contributed by atoms with Gasteiger partial charge in [-0.2, -0.15) is 5.10 Å². The van der Waals surface area contributed by atoms with Gasteiger partial charge in [-0.1, -0.05) is 69.5 Å². The summed E-state index contributed by atoms with van der Waals surface area (Å²) in [6.45, 7) is 4.88. The summed E-state index contributed by atoms with van der Waals surface area (Å²) in [6, 6.07) is 17.0. The molecule has 10 nitrogen and oxygen atoms in total. The smallest absolute Gasteiger partial charge is 0.325 e. The van der Waals surface area contributed by atoms with Crippen LogP contribution in [0.3, 0.4) is 0 Å². The topological polar surface area (TPSA) is 121 Å². The molecule has 3 aromatic rings. The van der Waals surface area contributed by atoms with Crippen LogP contribution in [0.2, 0.25) is 0 Å². The Morgan fingerprint density at radius 2 is 1.71 bits per heavy atom. The maximum Gasteiger partial charge on any atom is 0.325 e. The molecular weight excluding hydrogens is 572 g/mol. The van der Waals surface area contributed by atoms with Gasteiger partial charge in [0.25, 0.3) is 5.91 Å². The van der Waals surface area contributed by atoms with Crippen molar-refractivity contribution in [3.63, 3.8) is 0 Å². The number of carbonyl (C=O) groups excluding carboxylic acids is 3. The molecule has 1 saturated carbocycles. The Hall–Kier alpha value is -4.34. The molecule has 0 bridgehead atoms. The zero-order valence-electron chi connectivity index (χ0n) is 26.8. The van der Waals surface area contributed by atoms with Gasteiger partial charge in [-0.05, 0) is 54.9 Å². The Balaban J connectivity index is 1.64. The maximum atomic E-state index is 13.7. The molecule has 1 heterocycles. The number of hydrogen-bond acceptors (Lipinski definition) is 7. The number of benzene rings is 2. The summed E-state index contributed by atoms with van der Waals surface area (Å²) in [5.41, 5.74) is 2.76. The summed E-state index contributed by atoms with van der Waals surface area (Å²) >= 11 is 0. The third kappa shape index (κ3) is 9.83. The van der Waals surface area contributed by atoms with E-state index >= 15 is 0 Å². The monoisotopic (exact) mass is 618 g/mol. The van der Waals surface area contributed by atoms with Crippen LogP contribution < -0.4 is 20.1 Å². The molecule has 0 unspecified atom stereocenters. The summed E-state index contributed by atoms with van der Waals surface area (Å²) in [4.78, 5) is 37.8. The minimum Gasteiger partial charge on any atom is -0.496 e. The summed E-state index contributed by atoms with van der Waals surface area (Å²) in [6.07, 6.45) is 6.44. The average molecular weight is 619 g/mol. The highest BCUT2D eigenvalue weighted by Crippen LogP contribution is 2.40. The highest BCUT2D eigenvalue weighted by atomic mass is 16.5. The third-order valence-electron chi connectivity index (χ3n) is 8.05. The molecule has 1 aliphatic carbocycles. The molecule has 4 rings (SSSR count). The van der Waals surface area contributed by atoms with E-state index in [0.717, 1.165) is 29.7 Å². The largest absolute Gasteiger partial charge is 0.496 e. The summed E-state index contributed by atoms with van der Waals surface area (Å²) in [7, 11) is 2.89. The lowest BCUT2D eigenvalue weighted by atomic mass is 9.89. The molecule has 10 heteroatoms. The maximum absolute atomic E-state index is 13.7. The van der Waals surface area contributed by atoms with Crippen LogP contribution in [0, 0.1) is 11.8 Å². The van der Waals surface area contributed by atoms with Crippen LogP contribution in [0.25, 0.3) is 11.3 Å². The number of nitrogens with one attached hydrogen (secondary N) is 2. The molecule has 242 valence electrons. The fourth-order valence-electron chi connectivity index (χ4n) is 5.83. The minimum atomic E-state index is -0.535. The molecule has 2 N–H and O–H groups in total. The Morgan fingerprint density at radius 3 is 2.40 bits per heavy atom. The van der Waals surface area contributed by atoms with Crippen LogP contribution in [0.1, 0.15) is 74.8 Å². The first-order valence-electron chi connectivity index (χ1n) is 15.8. The van der Waals surface area contributed by atoms with Gasteiger partial charge in [-0.15, -0.1) is 0 Å². The predicted octanol–water partition coefficient (Wildman–Crippen LogP) is 5.54. The Morgan fingerprint density at radius 1 is 0.978 bits per heavy atom. The van der Waals surface area contributed by atoms with Crippen molar-refractivity contribution in [1.82, 2.24) is 20.4 Å². The van der Waals surface area contributed by atoms with Crippen molar-refractivity contribution < 1.29 is 28.6 Å². The van der Waals surface area contributed by atoms with E-state index in [1.807, 2.05) is 67.1 Å². The van der Waals surface area contributed by atoms with E-state index in [4.69, 9.17) is 14.6 Å². The molecule has 2 aromatic carbocycles. The first kappa shape index (κ1) is 33.6. The zero-order valence-corrected chi connectivity index (χ0v) is 26.8. The molecule has 0 radical (unpaired) electrons. The van der Waals surface area contributed by atoms with Crippen LogP contribution in [-0.4, -0.2) is 54.4 Å². The van der Waals surface area contributed by atoms with Gasteiger partial charge < -0.3 is 24.8 Å². The molecular formula is C35H46N4O6. The number of hydrogen-bond donors (Lipinski definition) is 2. The van der Waals surface area contributed by atoms with E-state index in [1.165, 1.54) is 26.4 Å². The normalized spacial score (nSPS) is 14.1. The summed E-state index contributed by atoms with van der Waals surface area (Å²) < 4.78 is 18.7. The number of aromatic nitrogens is 2. The molecule has 1 atom stereocenters. The fourth-order valence-corrected chi connectivity index (χ4v) is 5.83. The second kappa shape index (κ2) is 16.7. The highest BCUT2D eigenvalue weighted by molar-refractivity contribution is 5.94. The number of esters is 1. The van der Waals surface area contributed by atoms with E-state index in [2.05, 4.69) is 15.4 Å². The number of rotatable bonds is 15. The first-order valence-corrected chi connectivity index (χ1v) is 15.8. The second-order valence-corrected chi connectivity index (χ2v) is 12.1. The van der Waals surface area contributed by atoms with Crippen molar-refractivity contribution in [3.05, 3.63) is 65.9 Å². The molecule has 0 spiro atoms. The lowest BCUT2D eigenvalue weighted by Crippen LogP contribution is -2.41. The number of ether oxygens (including phenoxy) is 3. The van der Waals surface area contributed by atoms with E-state index in [0.29, 0.717) is 37.0 Å². The molecule has 2 amide bonds. The van der Waals surface area contributed by atoms with Gasteiger partial charge in [0, 0.05) is 19.0 Å². The van der Waals surface area contributed by atoms with Crippen molar-refractivity contribution in [2.45, 2.75) is 78.0 Å². The third-order valence-corrected chi connectivity index (χ3v) is 8.05. The van der Waals surface area contributed by atoms with Gasteiger partial charge >= 0.3 is 5.97 Å². The van der Waals surface area contributed by atoms with Crippen molar-refractivity contribution in [3.8, 4) is 22.8 Å². The summed E-state index contributed by atoms with van der Waals surface area (Å²) in [5, 5.41) is 10.4. The quantitative estimate of drug-likeness (QED) is 0.215. The van der Waals surface area contributed by atoms with E-state index in [9.17, 15) is 14.4 Å². The van der Waals surface area contributed by atoms with Gasteiger partial charge in [0.05, 0.1) is 25.5 Å². The van der Waals surface area contributed by atoms with Gasteiger partial charge in [-0.3, -0.25) is 19.1 Å². The number of methoxy groups -OCH3 is 2. The van der Waals surface area contributed by atoms with Gasteiger partial charge in [0.15, 0.2) is 5.69 Å². The van der Waals surface area contributed by atoms with E-state index in [-0.39, 0.29) is 36.4 Å². The number of carbonyl (C=O) groups is 3. The second-order valence-electron chi connectivity index (χ2n) is 12.1. The predicted molar refractivity (Wildman–Crippen MR) is 172 cm³/mol. The van der Waals surface area contributed by atoms with Crippen molar-refractivity contribution in [2.75, 3.05) is 20.8 Å². The van der Waals surface area contributed by atoms with Crippen LogP contribution in [-0.2, 0) is 27.5 Å². The Bertz CT molecular complexity index is 1410. The molecule has 0 saturated heterocycles. The average Bonchev–Trinajstić information content (AvgIpc) is 3.46. The highest BCUT2D eigenvalue weighted by Gasteiger charge is 2.26. The van der Waals surface area contributed by atoms with Crippen LogP contribution in [0.15, 0.2) is 54.6 Å². The first-order chi connectivity index (χ1) is 21.8. The van der Waals surface area contributed by atoms with Crippen molar-refractivity contribution in [2.24, 2.45) is 11.8 Å². The van der Waals surface area contributed by atoms with Gasteiger partial charge in [-0.25, -0.2) is 0 Å². The Labute approximate surface area is 265 Å². The lowest BCUT2D eigenvalue weighted by Gasteiger charge is -2.23. The van der Waals surface area contributed by atoms with Crippen molar-refractivity contribution >= 4 is 17.8 Å². The van der Waals surface area contributed by atoms with Crippen LogP contribution >= 0.6 is 0 Å². The van der Waals surface area contributed by atoms with E-state index < -0.39 is 12.0 Å². The summed E-state index contributed by atoms with van der Waals surface area (Å²) in [5.74, 6) is 0.681. The van der Waals surface area contributed by atoms with E-state index in [1.54, 1.807) is 13.2 Å². The molecule has 0 aliphatic heterocycles. The Kier molecular flexibility index (Phi) is 12.4. The number of nitrogens with zero attached hydrogens (tertiary/aromatic N) is 2. The number of amides is 2. The van der Waals surface area contributed by atoms with Gasteiger partial charge in [0.1, 0.15) is 24.7 Å². The molecule has 45 heavy (non-hydrogen) atoms. The molecule has 1 aliphatic rings. The van der Waals surface area contributed by atoms with Crippen LogP contribution in [0.5, 0.6) is 11.5 Å². The molecule has 1 fully saturated rings. The minimum absolute atomic E-state index is 0.0283. The van der Waals surface area contributed by atoms with Crippen molar-refractivity contribution in [1.29, 1.82) is 0 Å². The SMILES string of the molecule is COC(=O)CNC(=O)C[C@H](CC(C)C)NC(=O)c1cc(-c2c(OC)cccc2OCc2ccccc2)n(CC2CCCCC2)n1.